The normalized spacial score (nSPS) is 22.0. The van der Waals surface area contributed by atoms with Gasteiger partial charge in [-0.1, -0.05) is 53.5 Å². The molecule has 2 N–H and O–H groups in total. The SMILES string of the molecule is O=C(O)c1ccc2c(c1)[C@@H]1c3ccccc3C[C@H]1[C@H](c1c(Cl)cccc1Cl)N2. The number of hydrogen-bond acceptors (Lipinski definition) is 2. The first-order chi connectivity index (χ1) is 13.5. The van der Waals surface area contributed by atoms with Gasteiger partial charge in [-0.05, 0) is 59.4 Å². The first-order valence-corrected chi connectivity index (χ1v) is 9.95. The quantitative estimate of drug-likeness (QED) is 0.532. The molecule has 3 nitrogen and oxygen atoms in total. The zero-order valence-electron chi connectivity index (χ0n) is 14.8. The van der Waals surface area contributed by atoms with Gasteiger partial charge in [0.05, 0.1) is 11.6 Å². The molecule has 0 saturated carbocycles. The van der Waals surface area contributed by atoms with Gasteiger partial charge in [0.25, 0.3) is 0 Å². The maximum absolute atomic E-state index is 11.5. The number of fused-ring (bicyclic) bond motifs is 5. The molecule has 0 aromatic heterocycles. The van der Waals surface area contributed by atoms with Crippen LogP contribution in [-0.2, 0) is 6.42 Å². The second kappa shape index (κ2) is 6.54. The Morgan fingerprint density at radius 2 is 1.71 bits per heavy atom. The van der Waals surface area contributed by atoms with E-state index in [1.54, 1.807) is 12.1 Å². The zero-order valence-corrected chi connectivity index (χ0v) is 16.3. The first kappa shape index (κ1) is 17.6. The van der Waals surface area contributed by atoms with E-state index in [2.05, 4.69) is 23.5 Å². The molecule has 3 aromatic rings. The van der Waals surface area contributed by atoms with Crippen LogP contribution in [0, 0.1) is 5.92 Å². The maximum atomic E-state index is 11.5. The van der Waals surface area contributed by atoms with Gasteiger partial charge in [0, 0.05) is 27.2 Å². The van der Waals surface area contributed by atoms with Crippen molar-refractivity contribution in [2.75, 3.05) is 5.32 Å². The number of carbonyl (C=O) groups is 1. The van der Waals surface area contributed by atoms with Crippen LogP contribution in [0.1, 0.15) is 44.6 Å². The Labute approximate surface area is 172 Å². The van der Waals surface area contributed by atoms with Crippen molar-refractivity contribution in [3.63, 3.8) is 0 Å². The van der Waals surface area contributed by atoms with E-state index in [1.165, 1.54) is 11.1 Å². The van der Waals surface area contributed by atoms with Gasteiger partial charge >= 0.3 is 5.97 Å². The van der Waals surface area contributed by atoms with Crippen LogP contribution in [0.2, 0.25) is 10.0 Å². The summed E-state index contributed by atoms with van der Waals surface area (Å²) in [4.78, 5) is 11.5. The lowest BCUT2D eigenvalue weighted by Gasteiger charge is -2.38. The Morgan fingerprint density at radius 3 is 2.46 bits per heavy atom. The van der Waals surface area contributed by atoms with E-state index < -0.39 is 5.97 Å². The molecule has 5 rings (SSSR count). The van der Waals surface area contributed by atoms with E-state index in [0.717, 1.165) is 23.2 Å². The molecular weight excluding hydrogens is 393 g/mol. The van der Waals surface area contributed by atoms with Gasteiger partial charge in [0.15, 0.2) is 0 Å². The number of anilines is 1. The molecule has 0 saturated heterocycles. The van der Waals surface area contributed by atoms with Gasteiger partial charge in [-0.15, -0.1) is 0 Å². The van der Waals surface area contributed by atoms with E-state index >= 15 is 0 Å². The van der Waals surface area contributed by atoms with Gasteiger partial charge in [-0.2, -0.15) is 0 Å². The largest absolute Gasteiger partial charge is 0.478 e. The third-order valence-corrected chi connectivity index (χ3v) is 6.62. The molecule has 1 aliphatic heterocycles. The van der Waals surface area contributed by atoms with Crippen LogP contribution in [0.3, 0.4) is 0 Å². The highest BCUT2D eigenvalue weighted by Crippen LogP contribution is 2.55. The summed E-state index contributed by atoms with van der Waals surface area (Å²) in [5.74, 6) is -0.614. The minimum atomic E-state index is -0.915. The number of rotatable bonds is 2. The summed E-state index contributed by atoms with van der Waals surface area (Å²) in [5, 5.41) is 14.4. The average Bonchev–Trinajstić information content (AvgIpc) is 3.07. The predicted molar refractivity (Wildman–Crippen MR) is 112 cm³/mol. The number of hydrogen-bond donors (Lipinski definition) is 2. The highest BCUT2D eigenvalue weighted by atomic mass is 35.5. The molecule has 0 fully saturated rings. The zero-order chi connectivity index (χ0) is 19.4. The Hall–Kier alpha value is -2.49. The lowest BCUT2D eigenvalue weighted by Crippen LogP contribution is -2.31. The first-order valence-electron chi connectivity index (χ1n) is 9.20. The molecule has 0 unspecified atom stereocenters. The molecule has 2 aliphatic rings. The smallest absolute Gasteiger partial charge is 0.335 e. The predicted octanol–water partition coefficient (Wildman–Crippen LogP) is 6.16. The summed E-state index contributed by atoms with van der Waals surface area (Å²) in [5.41, 5.74) is 5.71. The van der Waals surface area contributed by atoms with Crippen molar-refractivity contribution < 1.29 is 9.90 Å². The van der Waals surface area contributed by atoms with Crippen molar-refractivity contribution in [1.29, 1.82) is 0 Å². The fourth-order valence-corrected chi connectivity index (χ4v) is 5.42. The maximum Gasteiger partial charge on any atom is 0.335 e. The summed E-state index contributed by atoms with van der Waals surface area (Å²) >= 11 is 13.1. The van der Waals surface area contributed by atoms with E-state index in [-0.39, 0.29) is 17.9 Å². The third-order valence-electron chi connectivity index (χ3n) is 5.96. The lowest BCUT2D eigenvalue weighted by atomic mass is 9.75. The van der Waals surface area contributed by atoms with Crippen LogP contribution in [0.4, 0.5) is 5.69 Å². The summed E-state index contributed by atoms with van der Waals surface area (Å²) in [7, 11) is 0. The molecule has 5 heteroatoms. The molecule has 28 heavy (non-hydrogen) atoms. The Bertz CT molecular complexity index is 1090. The monoisotopic (exact) mass is 409 g/mol. The van der Waals surface area contributed by atoms with Crippen LogP contribution in [0.15, 0.2) is 60.7 Å². The van der Waals surface area contributed by atoms with Crippen molar-refractivity contribution in [3.8, 4) is 0 Å². The van der Waals surface area contributed by atoms with Crippen molar-refractivity contribution >= 4 is 34.9 Å². The Balaban J connectivity index is 1.72. The Kier molecular flexibility index (Phi) is 4.11. The van der Waals surface area contributed by atoms with Crippen molar-refractivity contribution in [2.45, 2.75) is 18.4 Å². The van der Waals surface area contributed by atoms with E-state index in [1.807, 2.05) is 30.3 Å². The highest BCUT2D eigenvalue weighted by Gasteiger charge is 2.44. The number of aromatic carboxylic acids is 1. The molecular formula is C23H17Cl2NO2. The standard InChI is InChI=1S/C23H17Cl2NO2/c24-17-6-3-7-18(25)21(17)22-16-10-12-4-1-2-5-14(12)20(16)15-11-13(23(27)28)8-9-19(15)26-22/h1-9,11,16,20,22,26H,10H2,(H,27,28)/t16-,20+,22-/m1/s1. The van der Waals surface area contributed by atoms with Gasteiger partial charge in [-0.25, -0.2) is 4.79 Å². The van der Waals surface area contributed by atoms with Crippen LogP contribution in [0.5, 0.6) is 0 Å². The van der Waals surface area contributed by atoms with E-state index in [4.69, 9.17) is 23.2 Å². The number of halogens is 2. The summed E-state index contributed by atoms with van der Waals surface area (Å²) in [6, 6.07) is 19.2. The molecule has 0 bridgehead atoms. The fraction of sp³-hybridized carbons (Fsp3) is 0.174. The minimum absolute atomic E-state index is 0.0539. The van der Waals surface area contributed by atoms with E-state index in [9.17, 15) is 9.90 Å². The van der Waals surface area contributed by atoms with Gasteiger partial charge in [0.1, 0.15) is 0 Å². The topological polar surface area (TPSA) is 49.3 Å². The van der Waals surface area contributed by atoms with Gasteiger partial charge < -0.3 is 10.4 Å². The van der Waals surface area contributed by atoms with Gasteiger partial charge in [-0.3, -0.25) is 0 Å². The molecule has 3 atom stereocenters. The average molecular weight is 410 g/mol. The van der Waals surface area contributed by atoms with Crippen LogP contribution in [0.25, 0.3) is 0 Å². The van der Waals surface area contributed by atoms with Crippen LogP contribution < -0.4 is 5.32 Å². The molecule has 1 aliphatic carbocycles. The highest BCUT2D eigenvalue weighted by molar-refractivity contribution is 6.36. The Morgan fingerprint density at radius 1 is 0.964 bits per heavy atom. The molecule has 3 aromatic carbocycles. The lowest BCUT2D eigenvalue weighted by molar-refractivity contribution is 0.0696. The summed E-state index contributed by atoms with van der Waals surface area (Å²) in [6.07, 6.45) is 0.886. The fourth-order valence-electron chi connectivity index (χ4n) is 4.79. The second-order valence-corrected chi connectivity index (χ2v) is 8.22. The molecule has 1 heterocycles. The second-order valence-electron chi connectivity index (χ2n) is 7.41. The minimum Gasteiger partial charge on any atom is -0.478 e. The number of carboxylic acids is 1. The molecule has 0 spiro atoms. The number of carboxylic acid groups (broad SMARTS) is 1. The van der Waals surface area contributed by atoms with Crippen molar-refractivity contribution in [2.24, 2.45) is 5.92 Å². The molecule has 140 valence electrons. The van der Waals surface area contributed by atoms with Crippen LogP contribution >= 0.6 is 23.2 Å². The van der Waals surface area contributed by atoms with Crippen LogP contribution in [-0.4, -0.2) is 11.1 Å². The summed E-state index contributed by atoms with van der Waals surface area (Å²) < 4.78 is 0. The number of nitrogens with one attached hydrogen (secondary N) is 1. The van der Waals surface area contributed by atoms with E-state index in [0.29, 0.717) is 15.6 Å². The summed E-state index contributed by atoms with van der Waals surface area (Å²) in [6.45, 7) is 0. The number of benzene rings is 3. The molecule has 0 radical (unpaired) electrons. The van der Waals surface area contributed by atoms with Crippen molar-refractivity contribution in [1.82, 2.24) is 0 Å². The molecule has 0 amide bonds. The third kappa shape index (κ3) is 2.61. The van der Waals surface area contributed by atoms with Gasteiger partial charge in [0.2, 0.25) is 0 Å². The van der Waals surface area contributed by atoms with Crippen molar-refractivity contribution in [3.05, 3.63) is 98.5 Å².